The molecule has 1 aliphatic rings. The van der Waals surface area contributed by atoms with E-state index >= 15 is 0 Å². The zero-order valence-electron chi connectivity index (χ0n) is 16.5. The largest absolute Gasteiger partial charge is 0.493 e. The van der Waals surface area contributed by atoms with E-state index in [1.165, 1.54) is 6.92 Å². The number of fused-ring (bicyclic) bond motifs is 1. The van der Waals surface area contributed by atoms with Gasteiger partial charge in [-0.25, -0.2) is 0 Å². The summed E-state index contributed by atoms with van der Waals surface area (Å²) in [5.41, 5.74) is 2.55. The van der Waals surface area contributed by atoms with Gasteiger partial charge in [-0.2, -0.15) is 0 Å². The standard InChI is InChI=1S/C22H26N2O4/c1-4-5-12-28-19-11-10-16(13-20(19)27-3)14-24-18-9-7-6-8-17(18)21(22(24)26)23-15(2)25/h6-11,13,21H,4-5,12,14H2,1-3H3,(H,23,25)/t21-/m1/s1. The van der Waals surface area contributed by atoms with Crippen LogP contribution in [0.25, 0.3) is 0 Å². The molecule has 1 N–H and O–H groups in total. The number of amides is 2. The van der Waals surface area contributed by atoms with Gasteiger partial charge in [0, 0.05) is 18.2 Å². The van der Waals surface area contributed by atoms with Gasteiger partial charge in [0.25, 0.3) is 5.91 Å². The van der Waals surface area contributed by atoms with Crippen molar-refractivity contribution in [2.24, 2.45) is 0 Å². The lowest BCUT2D eigenvalue weighted by Gasteiger charge is -2.19. The number of anilines is 1. The van der Waals surface area contributed by atoms with Crippen molar-refractivity contribution in [3.05, 3.63) is 53.6 Å². The van der Waals surface area contributed by atoms with E-state index in [2.05, 4.69) is 12.2 Å². The average Bonchev–Trinajstić information content (AvgIpc) is 2.94. The minimum Gasteiger partial charge on any atom is -0.493 e. The van der Waals surface area contributed by atoms with E-state index in [0.717, 1.165) is 29.7 Å². The highest BCUT2D eigenvalue weighted by molar-refractivity contribution is 6.06. The zero-order chi connectivity index (χ0) is 20.1. The minimum absolute atomic E-state index is 0.140. The maximum absolute atomic E-state index is 13.0. The highest BCUT2D eigenvalue weighted by Gasteiger charge is 2.37. The number of ether oxygens (including phenoxy) is 2. The van der Waals surface area contributed by atoms with Gasteiger partial charge in [-0.1, -0.05) is 37.6 Å². The fourth-order valence-electron chi connectivity index (χ4n) is 3.33. The van der Waals surface area contributed by atoms with Crippen LogP contribution in [0.5, 0.6) is 11.5 Å². The molecule has 28 heavy (non-hydrogen) atoms. The third-order valence-electron chi connectivity index (χ3n) is 4.72. The van der Waals surface area contributed by atoms with Crippen LogP contribution in [0.4, 0.5) is 5.69 Å². The monoisotopic (exact) mass is 382 g/mol. The molecule has 0 spiro atoms. The Balaban J connectivity index is 1.83. The molecule has 0 aromatic heterocycles. The summed E-state index contributed by atoms with van der Waals surface area (Å²) in [4.78, 5) is 26.2. The van der Waals surface area contributed by atoms with Gasteiger partial charge in [-0.15, -0.1) is 0 Å². The minimum atomic E-state index is -0.646. The Morgan fingerprint density at radius 1 is 1.18 bits per heavy atom. The Kier molecular flexibility index (Phi) is 6.19. The summed E-state index contributed by atoms with van der Waals surface area (Å²) in [5.74, 6) is 0.972. The van der Waals surface area contributed by atoms with Gasteiger partial charge < -0.3 is 19.7 Å². The second-order valence-corrected chi connectivity index (χ2v) is 6.80. The van der Waals surface area contributed by atoms with Crippen LogP contribution >= 0.6 is 0 Å². The van der Waals surface area contributed by atoms with Crippen molar-refractivity contribution < 1.29 is 19.1 Å². The normalized spacial score (nSPS) is 15.3. The Morgan fingerprint density at radius 3 is 2.68 bits per heavy atom. The first kappa shape index (κ1) is 19.7. The van der Waals surface area contributed by atoms with Gasteiger partial charge in [0.1, 0.15) is 6.04 Å². The van der Waals surface area contributed by atoms with E-state index in [0.29, 0.717) is 24.7 Å². The Hall–Kier alpha value is -3.02. The zero-order valence-corrected chi connectivity index (χ0v) is 16.5. The Morgan fingerprint density at radius 2 is 1.96 bits per heavy atom. The highest BCUT2D eigenvalue weighted by Crippen LogP contribution is 2.37. The Bertz CT molecular complexity index is 865. The topological polar surface area (TPSA) is 67.9 Å². The third-order valence-corrected chi connectivity index (χ3v) is 4.72. The molecule has 0 unspecified atom stereocenters. The first-order valence-corrected chi connectivity index (χ1v) is 9.52. The number of benzene rings is 2. The van der Waals surface area contributed by atoms with E-state index in [9.17, 15) is 9.59 Å². The molecule has 0 bridgehead atoms. The molecule has 3 rings (SSSR count). The molecule has 6 nitrogen and oxygen atoms in total. The molecule has 2 aromatic rings. The second-order valence-electron chi connectivity index (χ2n) is 6.80. The maximum atomic E-state index is 13.0. The summed E-state index contributed by atoms with van der Waals surface area (Å²) in [6, 6.07) is 12.6. The molecule has 1 aliphatic heterocycles. The molecular formula is C22H26N2O4. The molecule has 2 amide bonds. The second kappa shape index (κ2) is 8.78. The number of carbonyl (C=O) groups excluding carboxylic acids is 2. The number of para-hydroxylation sites is 1. The SMILES string of the molecule is CCCCOc1ccc(CN2C(=O)[C@H](NC(C)=O)c3ccccc32)cc1OC. The fraction of sp³-hybridized carbons (Fsp3) is 0.364. The van der Waals surface area contributed by atoms with E-state index in [4.69, 9.17) is 9.47 Å². The summed E-state index contributed by atoms with van der Waals surface area (Å²) in [7, 11) is 1.61. The van der Waals surface area contributed by atoms with Crippen molar-refractivity contribution in [2.75, 3.05) is 18.6 Å². The van der Waals surface area contributed by atoms with Crippen LogP contribution in [0, 0.1) is 0 Å². The number of carbonyl (C=O) groups is 2. The first-order valence-electron chi connectivity index (χ1n) is 9.52. The highest BCUT2D eigenvalue weighted by atomic mass is 16.5. The molecule has 0 aliphatic carbocycles. The summed E-state index contributed by atoms with van der Waals surface area (Å²) in [5, 5.41) is 2.75. The number of nitrogens with zero attached hydrogens (tertiary/aromatic N) is 1. The molecule has 148 valence electrons. The molecule has 1 atom stereocenters. The summed E-state index contributed by atoms with van der Waals surface area (Å²) in [6.45, 7) is 4.56. The lowest BCUT2D eigenvalue weighted by atomic mass is 10.1. The summed E-state index contributed by atoms with van der Waals surface area (Å²) < 4.78 is 11.2. The predicted octanol–water partition coefficient (Wildman–Crippen LogP) is 3.60. The van der Waals surface area contributed by atoms with E-state index in [1.807, 2.05) is 42.5 Å². The van der Waals surface area contributed by atoms with Gasteiger partial charge >= 0.3 is 0 Å². The van der Waals surface area contributed by atoms with E-state index in [1.54, 1.807) is 12.0 Å². The van der Waals surface area contributed by atoms with Crippen molar-refractivity contribution in [1.29, 1.82) is 0 Å². The number of methoxy groups -OCH3 is 1. The maximum Gasteiger partial charge on any atom is 0.254 e. The summed E-state index contributed by atoms with van der Waals surface area (Å²) >= 11 is 0. The van der Waals surface area contributed by atoms with Crippen LogP contribution < -0.4 is 19.7 Å². The quantitative estimate of drug-likeness (QED) is 0.709. The van der Waals surface area contributed by atoms with Crippen molar-refractivity contribution in [1.82, 2.24) is 5.32 Å². The van der Waals surface area contributed by atoms with Crippen molar-refractivity contribution in [2.45, 2.75) is 39.3 Å². The van der Waals surface area contributed by atoms with Gasteiger partial charge in [0.05, 0.1) is 20.3 Å². The number of rotatable bonds is 8. The first-order chi connectivity index (χ1) is 13.5. The number of hydrogen-bond acceptors (Lipinski definition) is 4. The average molecular weight is 382 g/mol. The predicted molar refractivity (Wildman–Crippen MR) is 108 cm³/mol. The molecular weight excluding hydrogens is 356 g/mol. The van der Waals surface area contributed by atoms with Gasteiger partial charge in [-0.05, 0) is 30.2 Å². The van der Waals surface area contributed by atoms with Gasteiger partial charge in [-0.3, -0.25) is 9.59 Å². The van der Waals surface area contributed by atoms with Crippen LogP contribution in [-0.2, 0) is 16.1 Å². The molecule has 1 heterocycles. The van der Waals surface area contributed by atoms with Crippen molar-refractivity contribution >= 4 is 17.5 Å². The lowest BCUT2D eigenvalue weighted by Crippen LogP contribution is -2.36. The van der Waals surface area contributed by atoms with Crippen LogP contribution in [0.3, 0.4) is 0 Å². The third kappa shape index (κ3) is 4.11. The van der Waals surface area contributed by atoms with Crippen LogP contribution in [0.1, 0.15) is 43.9 Å². The lowest BCUT2D eigenvalue weighted by molar-refractivity contribution is -0.126. The molecule has 0 saturated carbocycles. The number of nitrogens with one attached hydrogen (secondary N) is 1. The number of hydrogen-bond donors (Lipinski definition) is 1. The summed E-state index contributed by atoms with van der Waals surface area (Å²) in [6.07, 6.45) is 2.04. The van der Waals surface area contributed by atoms with Crippen molar-refractivity contribution in [3.63, 3.8) is 0 Å². The van der Waals surface area contributed by atoms with Crippen LogP contribution in [0.2, 0.25) is 0 Å². The molecule has 0 saturated heterocycles. The molecule has 0 fully saturated rings. The molecule has 0 radical (unpaired) electrons. The molecule has 6 heteroatoms. The van der Waals surface area contributed by atoms with Crippen LogP contribution in [-0.4, -0.2) is 25.5 Å². The van der Waals surface area contributed by atoms with Crippen LogP contribution in [0.15, 0.2) is 42.5 Å². The van der Waals surface area contributed by atoms with E-state index in [-0.39, 0.29) is 11.8 Å². The fourth-order valence-corrected chi connectivity index (χ4v) is 3.33. The van der Waals surface area contributed by atoms with Gasteiger partial charge in [0.15, 0.2) is 11.5 Å². The van der Waals surface area contributed by atoms with E-state index < -0.39 is 6.04 Å². The van der Waals surface area contributed by atoms with Crippen molar-refractivity contribution in [3.8, 4) is 11.5 Å². The van der Waals surface area contributed by atoms with Gasteiger partial charge in [0.2, 0.25) is 5.91 Å². The molecule has 2 aromatic carbocycles. The Labute approximate surface area is 165 Å². The number of unbranched alkanes of at least 4 members (excludes halogenated alkanes) is 1. The smallest absolute Gasteiger partial charge is 0.254 e.